The molecule has 0 heterocycles. The summed E-state index contributed by atoms with van der Waals surface area (Å²) in [6.07, 6.45) is 5.08. The Labute approximate surface area is 158 Å². The van der Waals surface area contributed by atoms with Crippen LogP contribution in [0.3, 0.4) is 0 Å². The summed E-state index contributed by atoms with van der Waals surface area (Å²) in [5.74, 6) is 0.258. The molecule has 1 aliphatic rings. The van der Waals surface area contributed by atoms with Gasteiger partial charge in [0.05, 0.1) is 11.5 Å². The van der Waals surface area contributed by atoms with Crippen LogP contribution in [0.2, 0.25) is 0 Å². The molecule has 0 saturated heterocycles. The Bertz CT molecular complexity index is 775. The van der Waals surface area contributed by atoms with Crippen LogP contribution in [0.4, 0.5) is 4.39 Å². The molecular formula is C22H23FO4. The molecule has 0 radical (unpaired) electrons. The van der Waals surface area contributed by atoms with Gasteiger partial charge in [-0.05, 0) is 80.1 Å². The molecule has 5 heteroatoms. The summed E-state index contributed by atoms with van der Waals surface area (Å²) in [6, 6.07) is 11.5. The van der Waals surface area contributed by atoms with Crippen molar-refractivity contribution < 1.29 is 23.5 Å². The maximum Gasteiger partial charge on any atom is 0.343 e. The third-order valence-electron chi connectivity index (χ3n) is 5.09. The monoisotopic (exact) mass is 370 g/mol. The van der Waals surface area contributed by atoms with E-state index in [4.69, 9.17) is 9.47 Å². The average Bonchev–Trinajstić information content (AvgIpc) is 2.70. The van der Waals surface area contributed by atoms with Gasteiger partial charge in [0.25, 0.3) is 0 Å². The van der Waals surface area contributed by atoms with Gasteiger partial charge in [0.1, 0.15) is 17.3 Å². The van der Waals surface area contributed by atoms with Gasteiger partial charge in [-0.1, -0.05) is 13.3 Å². The van der Waals surface area contributed by atoms with E-state index >= 15 is 0 Å². The fraction of sp³-hybridized carbons (Fsp3) is 0.364. The smallest absolute Gasteiger partial charge is 0.343 e. The summed E-state index contributed by atoms with van der Waals surface area (Å²) in [4.78, 5) is 24.3. The van der Waals surface area contributed by atoms with E-state index in [0.29, 0.717) is 11.5 Å². The van der Waals surface area contributed by atoms with Gasteiger partial charge in [0, 0.05) is 0 Å². The van der Waals surface area contributed by atoms with Crippen LogP contribution >= 0.6 is 0 Å². The lowest BCUT2D eigenvalue weighted by molar-refractivity contribution is -0.140. The molecule has 1 fully saturated rings. The molecule has 2 aromatic rings. The molecule has 0 unspecified atom stereocenters. The Morgan fingerprint density at radius 1 is 0.889 bits per heavy atom. The molecule has 1 aliphatic carbocycles. The normalized spacial score (nSPS) is 19.3. The SMILES string of the molecule is CCC1CCC(C(=O)Oc2ccc(OC(=O)c3ccc(F)cc3)cc2)CC1. The Hall–Kier alpha value is -2.69. The van der Waals surface area contributed by atoms with Crippen LogP contribution in [-0.4, -0.2) is 11.9 Å². The van der Waals surface area contributed by atoms with Gasteiger partial charge in [0.2, 0.25) is 0 Å². The highest BCUT2D eigenvalue weighted by Crippen LogP contribution is 2.31. The summed E-state index contributed by atoms with van der Waals surface area (Å²) in [7, 11) is 0. The van der Waals surface area contributed by atoms with Crippen molar-refractivity contribution in [1.82, 2.24) is 0 Å². The molecule has 3 rings (SSSR count). The number of benzene rings is 2. The molecule has 1 saturated carbocycles. The van der Waals surface area contributed by atoms with E-state index in [1.807, 2.05) is 0 Å². The number of hydrogen-bond donors (Lipinski definition) is 0. The lowest BCUT2D eigenvalue weighted by Gasteiger charge is -2.26. The van der Waals surface area contributed by atoms with Crippen LogP contribution in [0, 0.1) is 17.7 Å². The lowest BCUT2D eigenvalue weighted by atomic mass is 9.81. The first-order valence-electron chi connectivity index (χ1n) is 9.34. The van der Waals surface area contributed by atoms with Gasteiger partial charge in [-0.2, -0.15) is 0 Å². The minimum Gasteiger partial charge on any atom is -0.426 e. The lowest BCUT2D eigenvalue weighted by Crippen LogP contribution is -2.25. The first-order valence-corrected chi connectivity index (χ1v) is 9.34. The van der Waals surface area contributed by atoms with Crippen LogP contribution in [0.5, 0.6) is 11.5 Å². The Kier molecular flexibility index (Phi) is 6.22. The van der Waals surface area contributed by atoms with Crippen LogP contribution in [0.1, 0.15) is 49.4 Å². The van der Waals surface area contributed by atoms with Gasteiger partial charge in [-0.15, -0.1) is 0 Å². The van der Waals surface area contributed by atoms with E-state index in [2.05, 4.69) is 6.92 Å². The van der Waals surface area contributed by atoms with E-state index in [1.54, 1.807) is 24.3 Å². The number of carbonyl (C=O) groups is 2. The topological polar surface area (TPSA) is 52.6 Å². The largest absolute Gasteiger partial charge is 0.426 e. The van der Waals surface area contributed by atoms with Crippen molar-refractivity contribution in [2.45, 2.75) is 39.0 Å². The number of ether oxygens (including phenoxy) is 2. The predicted molar refractivity (Wildman–Crippen MR) is 99.2 cm³/mol. The standard InChI is InChI=1S/C22H23FO4/c1-2-15-3-5-16(6-4-15)21(24)26-19-11-13-20(14-12-19)27-22(25)17-7-9-18(23)10-8-17/h7-16H,2-6H2,1H3. The summed E-state index contributed by atoms with van der Waals surface area (Å²) < 4.78 is 23.6. The first kappa shape index (κ1) is 19.1. The molecule has 0 aromatic heterocycles. The molecule has 4 nitrogen and oxygen atoms in total. The van der Waals surface area contributed by atoms with Crippen molar-refractivity contribution in [2.24, 2.45) is 11.8 Å². The number of hydrogen-bond acceptors (Lipinski definition) is 4. The second kappa shape index (κ2) is 8.80. The third kappa shape index (κ3) is 5.16. The quantitative estimate of drug-likeness (QED) is 0.538. The zero-order valence-corrected chi connectivity index (χ0v) is 15.3. The summed E-state index contributed by atoms with van der Waals surface area (Å²) in [5.41, 5.74) is 0.259. The first-order chi connectivity index (χ1) is 13.0. The summed E-state index contributed by atoms with van der Waals surface area (Å²) in [6.45, 7) is 2.19. The average molecular weight is 370 g/mol. The number of rotatable bonds is 5. The Balaban J connectivity index is 1.53. The van der Waals surface area contributed by atoms with E-state index in [-0.39, 0.29) is 17.5 Å². The molecule has 0 bridgehead atoms. The highest BCUT2D eigenvalue weighted by atomic mass is 19.1. The van der Waals surface area contributed by atoms with Crippen LogP contribution in [0.25, 0.3) is 0 Å². The van der Waals surface area contributed by atoms with Crippen molar-refractivity contribution in [1.29, 1.82) is 0 Å². The van der Waals surface area contributed by atoms with Gasteiger partial charge in [0.15, 0.2) is 0 Å². The fourth-order valence-corrected chi connectivity index (χ4v) is 3.33. The van der Waals surface area contributed by atoms with Crippen molar-refractivity contribution in [3.05, 3.63) is 59.9 Å². The maximum atomic E-state index is 12.9. The Morgan fingerprint density at radius 3 is 2.00 bits per heavy atom. The van der Waals surface area contributed by atoms with Crippen LogP contribution in [0.15, 0.2) is 48.5 Å². The van der Waals surface area contributed by atoms with Gasteiger partial charge >= 0.3 is 11.9 Å². The summed E-state index contributed by atoms with van der Waals surface area (Å²) >= 11 is 0. The van der Waals surface area contributed by atoms with E-state index in [0.717, 1.165) is 31.6 Å². The molecular weight excluding hydrogens is 347 g/mol. The molecule has 0 N–H and O–H groups in total. The van der Waals surface area contributed by atoms with Crippen molar-refractivity contribution >= 4 is 11.9 Å². The zero-order chi connectivity index (χ0) is 19.2. The second-order valence-corrected chi connectivity index (χ2v) is 6.91. The van der Waals surface area contributed by atoms with E-state index in [9.17, 15) is 14.0 Å². The van der Waals surface area contributed by atoms with Crippen LogP contribution in [-0.2, 0) is 4.79 Å². The minimum atomic E-state index is -0.576. The third-order valence-corrected chi connectivity index (χ3v) is 5.09. The molecule has 0 amide bonds. The van der Waals surface area contributed by atoms with Crippen molar-refractivity contribution in [2.75, 3.05) is 0 Å². The highest BCUT2D eigenvalue weighted by molar-refractivity contribution is 5.91. The van der Waals surface area contributed by atoms with E-state index in [1.165, 1.54) is 30.7 Å². The number of halogens is 1. The van der Waals surface area contributed by atoms with Crippen LogP contribution < -0.4 is 9.47 Å². The molecule has 142 valence electrons. The predicted octanol–water partition coefficient (Wildman–Crippen LogP) is 5.17. The minimum absolute atomic E-state index is 0.0382. The van der Waals surface area contributed by atoms with Gasteiger partial charge in [-0.3, -0.25) is 4.79 Å². The zero-order valence-electron chi connectivity index (χ0n) is 15.3. The molecule has 0 atom stereocenters. The number of esters is 2. The van der Waals surface area contributed by atoms with E-state index < -0.39 is 11.8 Å². The fourth-order valence-electron chi connectivity index (χ4n) is 3.33. The van der Waals surface area contributed by atoms with Crippen molar-refractivity contribution in [3.63, 3.8) is 0 Å². The maximum absolute atomic E-state index is 12.9. The summed E-state index contributed by atoms with van der Waals surface area (Å²) in [5, 5.41) is 0. The van der Waals surface area contributed by atoms with Crippen molar-refractivity contribution in [3.8, 4) is 11.5 Å². The molecule has 27 heavy (non-hydrogen) atoms. The number of carbonyl (C=O) groups excluding carboxylic acids is 2. The van der Waals surface area contributed by atoms with Gasteiger partial charge in [-0.25, -0.2) is 9.18 Å². The molecule has 0 aliphatic heterocycles. The van der Waals surface area contributed by atoms with Gasteiger partial charge < -0.3 is 9.47 Å². The second-order valence-electron chi connectivity index (χ2n) is 6.91. The highest BCUT2D eigenvalue weighted by Gasteiger charge is 2.27. The molecule has 0 spiro atoms. The molecule has 2 aromatic carbocycles. The Morgan fingerprint density at radius 2 is 1.44 bits per heavy atom.